The van der Waals surface area contributed by atoms with E-state index >= 15 is 0 Å². The van der Waals surface area contributed by atoms with Gasteiger partial charge in [-0.3, -0.25) is 0 Å². The van der Waals surface area contributed by atoms with E-state index in [9.17, 15) is 0 Å². The molecule has 37 heavy (non-hydrogen) atoms. The third-order valence-electron chi connectivity index (χ3n) is 7.24. The lowest BCUT2D eigenvalue weighted by Crippen LogP contribution is -1.96. The second kappa shape index (κ2) is 7.74. The Balaban J connectivity index is 1.48. The van der Waals surface area contributed by atoms with Crippen LogP contribution in [0.1, 0.15) is 0 Å². The number of nitrogens with zero attached hydrogens (tertiary/aromatic N) is 2. The molecule has 0 bridgehead atoms. The van der Waals surface area contributed by atoms with Gasteiger partial charge in [0.05, 0.1) is 22.4 Å². The van der Waals surface area contributed by atoms with E-state index in [1.807, 2.05) is 30.3 Å². The zero-order valence-corrected chi connectivity index (χ0v) is 19.8. The van der Waals surface area contributed by atoms with E-state index in [-0.39, 0.29) is 0 Å². The van der Waals surface area contributed by atoms with Gasteiger partial charge in [0.2, 0.25) is 0 Å². The Bertz CT molecular complexity index is 2140. The van der Waals surface area contributed by atoms with Gasteiger partial charge in [-0.25, -0.2) is 9.97 Å². The Kier molecular flexibility index (Phi) is 4.23. The molecule has 3 heteroatoms. The molecule has 0 aliphatic rings. The molecule has 0 radical (unpaired) electrons. The van der Waals surface area contributed by atoms with E-state index in [0.29, 0.717) is 0 Å². The van der Waals surface area contributed by atoms with E-state index < -0.39 is 0 Å². The number of para-hydroxylation sites is 1. The molecule has 3 nitrogen and oxygen atoms in total. The summed E-state index contributed by atoms with van der Waals surface area (Å²) < 4.78 is 6.18. The fourth-order valence-electron chi connectivity index (χ4n) is 5.48. The van der Waals surface area contributed by atoms with Crippen LogP contribution in [-0.4, -0.2) is 9.97 Å². The van der Waals surface area contributed by atoms with Gasteiger partial charge in [-0.15, -0.1) is 0 Å². The molecule has 0 saturated heterocycles. The number of hydrogen-bond donors (Lipinski definition) is 0. The van der Waals surface area contributed by atoms with E-state index in [2.05, 4.69) is 91.0 Å². The maximum atomic E-state index is 6.18. The van der Waals surface area contributed by atoms with Crippen molar-refractivity contribution in [1.29, 1.82) is 0 Å². The van der Waals surface area contributed by atoms with Gasteiger partial charge in [-0.05, 0) is 40.4 Å². The van der Waals surface area contributed by atoms with Gasteiger partial charge in [-0.2, -0.15) is 0 Å². The highest BCUT2D eigenvalue weighted by Crippen LogP contribution is 2.38. The second-order valence-corrected chi connectivity index (χ2v) is 9.41. The van der Waals surface area contributed by atoms with Gasteiger partial charge in [0, 0.05) is 27.3 Å². The van der Waals surface area contributed by atoms with Gasteiger partial charge in [-0.1, -0.05) is 97.1 Å². The molecule has 8 aromatic rings. The standard InChI is InChI=1S/C34H20N2O/c1-2-9-23(10-3-1)32-33(36-34-25-11-5-4-8-21(25)16-18-28(34)35-32)24-15-14-22-17-19-30-31(27(22)20-24)26-12-6-7-13-29(26)37-30/h1-20H. The molecule has 0 amide bonds. The van der Waals surface area contributed by atoms with Gasteiger partial charge >= 0.3 is 0 Å². The first kappa shape index (κ1) is 20.2. The van der Waals surface area contributed by atoms with E-state index in [1.54, 1.807) is 0 Å². The first-order valence-corrected chi connectivity index (χ1v) is 12.4. The average molecular weight is 473 g/mol. The van der Waals surface area contributed by atoms with Crippen LogP contribution < -0.4 is 0 Å². The Morgan fingerprint density at radius 2 is 1.16 bits per heavy atom. The van der Waals surface area contributed by atoms with Crippen LogP contribution in [0.25, 0.3) is 77.0 Å². The monoisotopic (exact) mass is 472 g/mol. The maximum absolute atomic E-state index is 6.18. The van der Waals surface area contributed by atoms with Crippen molar-refractivity contribution in [2.45, 2.75) is 0 Å². The molecule has 0 saturated carbocycles. The zero-order valence-electron chi connectivity index (χ0n) is 19.8. The normalized spacial score (nSPS) is 11.8. The lowest BCUT2D eigenvalue weighted by atomic mass is 9.97. The fourth-order valence-corrected chi connectivity index (χ4v) is 5.48. The lowest BCUT2D eigenvalue weighted by Gasteiger charge is -2.13. The van der Waals surface area contributed by atoms with Crippen molar-refractivity contribution in [3.8, 4) is 22.5 Å². The summed E-state index contributed by atoms with van der Waals surface area (Å²) in [5.74, 6) is 0. The number of furan rings is 1. The van der Waals surface area contributed by atoms with Crippen molar-refractivity contribution in [3.63, 3.8) is 0 Å². The largest absolute Gasteiger partial charge is 0.456 e. The third-order valence-corrected chi connectivity index (χ3v) is 7.24. The van der Waals surface area contributed by atoms with Crippen LogP contribution in [0.5, 0.6) is 0 Å². The molecule has 2 aromatic heterocycles. The van der Waals surface area contributed by atoms with Crippen LogP contribution in [0.3, 0.4) is 0 Å². The van der Waals surface area contributed by atoms with Gasteiger partial charge in [0.15, 0.2) is 0 Å². The SMILES string of the molecule is c1ccc(-c2nc3ccc4ccccc4c3nc2-c2ccc3ccc4oc5ccccc5c4c3c2)cc1. The summed E-state index contributed by atoms with van der Waals surface area (Å²) in [5.41, 5.74) is 7.44. The molecule has 0 aliphatic heterocycles. The van der Waals surface area contributed by atoms with Crippen molar-refractivity contribution in [2.75, 3.05) is 0 Å². The topological polar surface area (TPSA) is 38.9 Å². The third kappa shape index (κ3) is 3.08. The van der Waals surface area contributed by atoms with Crippen LogP contribution in [0.2, 0.25) is 0 Å². The number of aromatic nitrogens is 2. The smallest absolute Gasteiger partial charge is 0.136 e. The van der Waals surface area contributed by atoms with Crippen LogP contribution in [0.15, 0.2) is 126 Å². The van der Waals surface area contributed by atoms with E-state index in [4.69, 9.17) is 14.4 Å². The van der Waals surface area contributed by atoms with Crippen molar-refractivity contribution >= 4 is 54.5 Å². The van der Waals surface area contributed by atoms with Crippen LogP contribution >= 0.6 is 0 Å². The molecule has 0 N–H and O–H groups in total. The minimum absolute atomic E-state index is 0.877. The first-order chi connectivity index (χ1) is 18.3. The molecular weight excluding hydrogens is 452 g/mol. The van der Waals surface area contributed by atoms with Crippen molar-refractivity contribution < 1.29 is 4.42 Å². The highest BCUT2D eigenvalue weighted by atomic mass is 16.3. The molecular formula is C34H20N2O. The maximum Gasteiger partial charge on any atom is 0.136 e. The van der Waals surface area contributed by atoms with Gasteiger partial charge in [0.25, 0.3) is 0 Å². The summed E-state index contributed by atoms with van der Waals surface area (Å²) in [6, 6.07) is 41.9. The zero-order chi connectivity index (χ0) is 24.3. The minimum atomic E-state index is 0.877. The summed E-state index contributed by atoms with van der Waals surface area (Å²) >= 11 is 0. The number of rotatable bonds is 2. The van der Waals surface area contributed by atoms with Crippen LogP contribution in [0, 0.1) is 0 Å². The van der Waals surface area contributed by atoms with Gasteiger partial charge in [0.1, 0.15) is 11.2 Å². The predicted octanol–water partition coefficient (Wildman–Crippen LogP) is 9.17. The molecule has 172 valence electrons. The quantitative estimate of drug-likeness (QED) is 0.235. The average Bonchev–Trinajstić information content (AvgIpc) is 3.36. The molecule has 0 unspecified atom stereocenters. The summed E-state index contributed by atoms with van der Waals surface area (Å²) in [4.78, 5) is 10.5. The molecule has 8 rings (SSSR count). The number of hydrogen-bond acceptors (Lipinski definition) is 3. The lowest BCUT2D eigenvalue weighted by molar-refractivity contribution is 0.669. The number of benzene rings is 6. The molecule has 0 aliphatic carbocycles. The van der Waals surface area contributed by atoms with E-state index in [0.717, 1.165) is 71.6 Å². The molecule has 6 aromatic carbocycles. The Labute approximate surface area is 212 Å². The van der Waals surface area contributed by atoms with Crippen molar-refractivity contribution in [2.24, 2.45) is 0 Å². The molecule has 0 atom stereocenters. The van der Waals surface area contributed by atoms with Crippen molar-refractivity contribution in [1.82, 2.24) is 9.97 Å². The Morgan fingerprint density at radius 1 is 0.459 bits per heavy atom. The van der Waals surface area contributed by atoms with Crippen LogP contribution in [-0.2, 0) is 0 Å². The Morgan fingerprint density at radius 3 is 2.08 bits per heavy atom. The summed E-state index contributed by atoms with van der Waals surface area (Å²) in [7, 11) is 0. The predicted molar refractivity (Wildman–Crippen MR) is 153 cm³/mol. The first-order valence-electron chi connectivity index (χ1n) is 12.4. The minimum Gasteiger partial charge on any atom is -0.456 e. The Hall–Kier alpha value is -5.02. The van der Waals surface area contributed by atoms with Crippen molar-refractivity contribution in [3.05, 3.63) is 121 Å². The molecule has 0 spiro atoms. The van der Waals surface area contributed by atoms with Gasteiger partial charge < -0.3 is 4.42 Å². The fraction of sp³-hybridized carbons (Fsp3) is 0. The molecule has 2 heterocycles. The molecule has 0 fully saturated rings. The highest BCUT2D eigenvalue weighted by Gasteiger charge is 2.17. The van der Waals surface area contributed by atoms with E-state index in [1.165, 1.54) is 5.39 Å². The summed E-state index contributed by atoms with van der Waals surface area (Å²) in [6.45, 7) is 0. The number of fused-ring (bicyclic) bond motifs is 8. The van der Waals surface area contributed by atoms with Crippen LogP contribution in [0.4, 0.5) is 0 Å². The summed E-state index contributed by atoms with van der Waals surface area (Å²) in [6.07, 6.45) is 0. The highest BCUT2D eigenvalue weighted by molar-refractivity contribution is 6.19. The second-order valence-electron chi connectivity index (χ2n) is 9.41. The summed E-state index contributed by atoms with van der Waals surface area (Å²) in [5, 5.41) is 6.85.